The number of anilines is 1. The molecule has 2 amide bonds. The molecule has 6 nitrogen and oxygen atoms in total. The molecule has 0 bridgehead atoms. The quantitative estimate of drug-likeness (QED) is 0.889. The number of likely N-dealkylation sites (tertiary alicyclic amines) is 1. The zero-order valence-electron chi connectivity index (χ0n) is 12.9. The number of hydrogen-bond donors (Lipinski definition) is 2. The van der Waals surface area contributed by atoms with Crippen LogP contribution in [0.4, 0.5) is 23.8 Å². The molecule has 0 aromatic carbocycles. The Kier molecular flexibility index (Phi) is 5.18. The fraction of sp³-hybridized carbons (Fsp3) is 0.714. The van der Waals surface area contributed by atoms with Gasteiger partial charge in [0.1, 0.15) is 6.54 Å². The number of aromatic nitrogens is 2. The lowest BCUT2D eigenvalue weighted by Gasteiger charge is -2.41. The van der Waals surface area contributed by atoms with Gasteiger partial charge in [0.05, 0.1) is 6.61 Å². The van der Waals surface area contributed by atoms with Crippen LogP contribution in [0.1, 0.15) is 26.2 Å². The molecule has 1 aliphatic heterocycles. The van der Waals surface area contributed by atoms with Crippen molar-refractivity contribution in [2.75, 3.05) is 25.0 Å². The average molecular weight is 334 g/mol. The highest BCUT2D eigenvalue weighted by atomic mass is 19.4. The van der Waals surface area contributed by atoms with E-state index in [2.05, 4.69) is 10.4 Å². The number of nitrogens with one attached hydrogen (secondary N) is 1. The van der Waals surface area contributed by atoms with Gasteiger partial charge in [0.2, 0.25) is 0 Å². The van der Waals surface area contributed by atoms with Gasteiger partial charge in [0.15, 0.2) is 5.82 Å². The first kappa shape index (κ1) is 17.6. The van der Waals surface area contributed by atoms with E-state index in [0.717, 1.165) is 23.9 Å². The molecule has 0 saturated carbocycles. The number of aliphatic hydroxyl groups excluding tert-OH is 1. The Morgan fingerprint density at radius 3 is 2.87 bits per heavy atom. The number of hydrogen-bond acceptors (Lipinski definition) is 3. The summed E-state index contributed by atoms with van der Waals surface area (Å²) in [4.78, 5) is 13.8. The van der Waals surface area contributed by atoms with Crippen LogP contribution in [0.25, 0.3) is 0 Å². The molecule has 0 spiro atoms. The summed E-state index contributed by atoms with van der Waals surface area (Å²) in [5.74, 6) is 0.0796. The summed E-state index contributed by atoms with van der Waals surface area (Å²) >= 11 is 0. The minimum absolute atomic E-state index is 0.00743. The van der Waals surface area contributed by atoms with Crippen LogP contribution in [0.2, 0.25) is 0 Å². The predicted molar refractivity (Wildman–Crippen MR) is 77.9 cm³/mol. The van der Waals surface area contributed by atoms with Crippen molar-refractivity contribution in [2.24, 2.45) is 5.41 Å². The standard InChI is InChI=1S/C14H21F3N4O2/c1-2-13(10-22)5-3-6-20(8-13)12(23)18-11-4-7-21(19-11)9-14(15,16)17/h4,7,22H,2-3,5-6,8-10H2,1H3,(H,18,19,23). The van der Waals surface area contributed by atoms with E-state index in [-0.39, 0.29) is 17.8 Å². The van der Waals surface area contributed by atoms with Crippen molar-refractivity contribution in [2.45, 2.75) is 38.9 Å². The third kappa shape index (κ3) is 4.60. The summed E-state index contributed by atoms with van der Waals surface area (Å²) < 4.78 is 37.6. The number of rotatable bonds is 4. The Labute approximate surface area is 132 Å². The monoisotopic (exact) mass is 334 g/mol. The number of aliphatic hydroxyl groups is 1. The van der Waals surface area contributed by atoms with Crippen molar-refractivity contribution in [1.29, 1.82) is 0 Å². The van der Waals surface area contributed by atoms with E-state index in [1.807, 2.05) is 6.92 Å². The Bertz CT molecular complexity index is 540. The van der Waals surface area contributed by atoms with Gasteiger partial charge in [-0.05, 0) is 19.3 Å². The first-order valence-corrected chi connectivity index (χ1v) is 7.54. The van der Waals surface area contributed by atoms with Crippen LogP contribution >= 0.6 is 0 Å². The molecule has 9 heteroatoms. The number of amides is 2. The minimum atomic E-state index is -4.36. The first-order chi connectivity index (χ1) is 10.8. The summed E-state index contributed by atoms with van der Waals surface area (Å²) in [6.07, 6.45) is -0.798. The van der Waals surface area contributed by atoms with Gasteiger partial charge < -0.3 is 10.0 Å². The molecule has 1 atom stereocenters. The van der Waals surface area contributed by atoms with E-state index in [1.54, 1.807) is 4.90 Å². The first-order valence-electron chi connectivity index (χ1n) is 7.54. The van der Waals surface area contributed by atoms with E-state index in [1.165, 1.54) is 12.3 Å². The summed E-state index contributed by atoms with van der Waals surface area (Å²) in [6, 6.07) is 0.917. The summed E-state index contributed by atoms with van der Waals surface area (Å²) in [6.45, 7) is 1.76. The number of carbonyl (C=O) groups is 1. The number of alkyl halides is 3. The van der Waals surface area contributed by atoms with Crippen LogP contribution in [0.3, 0.4) is 0 Å². The van der Waals surface area contributed by atoms with Crippen molar-refractivity contribution >= 4 is 11.8 Å². The van der Waals surface area contributed by atoms with Gasteiger partial charge in [-0.1, -0.05) is 6.92 Å². The van der Waals surface area contributed by atoms with Crippen LogP contribution in [-0.4, -0.2) is 51.7 Å². The Hall–Kier alpha value is -1.77. The van der Waals surface area contributed by atoms with Gasteiger partial charge in [0, 0.05) is 30.8 Å². The third-order valence-electron chi connectivity index (χ3n) is 4.25. The van der Waals surface area contributed by atoms with Crippen LogP contribution in [-0.2, 0) is 6.54 Å². The second-order valence-electron chi connectivity index (χ2n) is 5.98. The van der Waals surface area contributed by atoms with E-state index >= 15 is 0 Å². The topological polar surface area (TPSA) is 70.4 Å². The van der Waals surface area contributed by atoms with Crippen molar-refractivity contribution in [1.82, 2.24) is 14.7 Å². The molecule has 1 saturated heterocycles. The maximum Gasteiger partial charge on any atom is 0.408 e. The predicted octanol–water partition coefficient (Wildman–Crippen LogP) is 2.46. The Balaban J connectivity index is 1.96. The van der Waals surface area contributed by atoms with Crippen molar-refractivity contribution < 1.29 is 23.1 Å². The molecule has 1 fully saturated rings. The molecule has 2 N–H and O–H groups in total. The van der Waals surface area contributed by atoms with Gasteiger partial charge in [-0.2, -0.15) is 18.3 Å². The number of halogens is 3. The molecule has 0 radical (unpaired) electrons. The van der Waals surface area contributed by atoms with Crippen molar-refractivity contribution in [3.63, 3.8) is 0 Å². The molecule has 130 valence electrons. The number of urea groups is 1. The van der Waals surface area contributed by atoms with Crippen molar-refractivity contribution in [3.8, 4) is 0 Å². The molecular weight excluding hydrogens is 313 g/mol. The third-order valence-corrected chi connectivity index (χ3v) is 4.25. The van der Waals surface area contributed by atoms with E-state index in [4.69, 9.17) is 0 Å². The Morgan fingerprint density at radius 1 is 1.52 bits per heavy atom. The lowest BCUT2D eigenvalue weighted by atomic mass is 9.78. The van der Waals surface area contributed by atoms with E-state index in [0.29, 0.717) is 13.1 Å². The highest BCUT2D eigenvalue weighted by Crippen LogP contribution is 2.32. The maximum absolute atomic E-state index is 12.3. The van der Waals surface area contributed by atoms with E-state index < -0.39 is 18.8 Å². The van der Waals surface area contributed by atoms with Crippen molar-refractivity contribution in [3.05, 3.63) is 12.3 Å². The van der Waals surface area contributed by atoms with Crippen LogP contribution in [0, 0.1) is 5.41 Å². The van der Waals surface area contributed by atoms with Gasteiger partial charge in [-0.3, -0.25) is 10.00 Å². The summed E-state index contributed by atoms with van der Waals surface area (Å²) in [5.41, 5.74) is -0.300. The SMILES string of the molecule is CCC1(CO)CCCN(C(=O)Nc2ccn(CC(F)(F)F)n2)C1. The largest absolute Gasteiger partial charge is 0.408 e. The molecule has 1 aliphatic rings. The van der Waals surface area contributed by atoms with E-state index in [9.17, 15) is 23.1 Å². The lowest BCUT2D eigenvalue weighted by Crippen LogP contribution is -2.49. The van der Waals surface area contributed by atoms with Gasteiger partial charge >= 0.3 is 12.2 Å². The molecule has 1 unspecified atom stereocenters. The summed E-state index contributed by atoms with van der Waals surface area (Å²) in [5, 5.41) is 15.8. The van der Waals surface area contributed by atoms with Gasteiger partial charge in [-0.25, -0.2) is 4.79 Å². The molecule has 2 rings (SSSR count). The molecule has 1 aromatic rings. The number of carbonyl (C=O) groups excluding carboxylic acids is 1. The molecule has 23 heavy (non-hydrogen) atoms. The zero-order chi connectivity index (χ0) is 17.1. The van der Waals surface area contributed by atoms with Crippen LogP contribution in [0.15, 0.2) is 12.3 Å². The highest BCUT2D eigenvalue weighted by molar-refractivity contribution is 5.88. The Morgan fingerprint density at radius 2 is 2.26 bits per heavy atom. The molecular formula is C14H21F3N4O2. The number of nitrogens with zero attached hydrogens (tertiary/aromatic N) is 3. The van der Waals surface area contributed by atoms with Gasteiger partial charge in [0.25, 0.3) is 0 Å². The fourth-order valence-corrected chi connectivity index (χ4v) is 2.80. The smallest absolute Gasteiger partial charge is 0.396 e. The minimum Gasteiger partial charge on any atom is -0.396 e. The summed E-state index contributed by atoms with van der Waals surface area (Å²) in [7, 11) is 0. The molecule has 1 aromatic heterocycles. The number of piperidine rings is 1. The maximum atomic E-state index is 12.3. The molecule has 0 aliphatic carbocycles. The normalized spacial score (nSPS) is 22.2. The second kappa shape index (κ2) is 6.77. The lowest BCUT2D eigenvalue weighted by molar-refractivity contribution is -0.142. The highest BCUT2D eigenvalue weighted by Gasteiger charge is 2.35. The zero-order valence-corrected chi connectivity index (χ0v) is 12.9. The van der Waals surface area contributed by atoms with Crippen LogP contribution < -0.4 is 5.32 Å². The average Bonchev–Trinajstić information content (AvgIpc) is 2.92. The molecule has 2 heterocycles. The van der Waals surface area contributed by atoms with Gasteiger partial charge in [-0.15, -0.1) is 0 Å². The van der Waals surface area contributed by atoms with Crippen LogP contribution in [0.5, 0.6) is 0 Å². The fourth-order valence-electron chi connectivity index (χ4n) is 2.80. The second-order valence-corrected chi connectivity index (χ2v) is 5.98.